The zero-order chi connectivity index (χ0) is 21.5. The molecule has 152 valence electrons. The molecule has 0 radical (unpaired) electrons. The van der Waals surface area contributed by atoms with Crippen molar-refractivity contribution in [2.75, 3.05) is 0 Å². The molecule has 6 rings (SSSR count). The molecule has 0 N–H and O–H groups in total. The fourth-order valence-electron chi connectivity index (χ4n) is 5.80. The van der Waals surface area contributed by atoms with Crippen LogP contribution in [-0.2, 0) is 10.8 Å². The average molecular weight is 421 g/mol. The molecule has 2 aliphatic rings. The predicted octanol–water partition coefficient (Wildman–Crippen LogP) is 8.62. The van der Waals surface area contributed by atoms with Gasteiger partial charge in [-0.3, -0.25) is 0 Å². The van der Waals surface area contributed by atoms with Gasteiger partial charge in [-0.2, -0.15) is 0 Å². The van der Waals surface area contributed by atoms with Crippen molar-refractivity contribution in [1.82, 2.24) is 0 Å². The standard InChI is InChI=1S/C30H25Cl/c1-29(2)25-8-6-5-7-21(25)23-15-18(9-13-26(23)29)19-10-14-27-24(16-19)22-12-11-20(31)17-28(22)30(27,3)4/h5-17H,1-4H3. The van der Waals surface area contributed by atoms with E-state index in [1.165, 1.54) is 55.6 Å². The Morgan fingerprint density at radius 2 is 1.00 bits per heavy atom. The number of benzene rings is 4. The summed E-state index contributed by atoms with van der Waals surface area (Å²) in [6.45, 7) is 9.25. The lowest BCUT2D eigenvalue weighted by Gasteiger charge is -2.22. The van der Waals surface area contributed by atoms with E-state index < -0.39 is 0 Å². The minimum absolute atomic E-state index is 0.0327. The van der Waals surface area contributed by atoms with Crippen LogP contribution in [0.4, 0.5) is 0 Å². The molecule has 0 fully saturated rings. The lowest BCUT2D eigenvalue weighted by molar-refractivity contribution is 0.660. The van der Waals surface area contributed by atoms with Gasteiger partial charge in [-0.25, -0.2) is 0 Å². The summed E-state index contributed by atoms with van der Waals surface area (Å²) >= 11 is 6.34. The van der Waals surface area contributed by atoms with Gasteiger partial charge < -0.3 is 0 Å². The van der Waals surface area contributed by atoms with Crippen LogP contribution < -0.4 is 0 Å². The quantitative estimate of drug-likeness (QED) is 0.289. The molecule has 0 spiro atoms. The molecule has 0 aliphatic heterocycles. The number of rotatable bonds is 1. The highest BCUT2D eigenvalue weighted by Gasteiger charge is 2.37. The van der Waals surface area contributed by atoms with Crippen LogP contribution >= 0.6 is 11.6 Å². The van der Waals surface area contributed by atoms with E-state index in [4.69, 9.17) is 11.6 Å². The summed E-state index contributed by atoms with van der Waals surface area (Å²) < 4.78 is 0. The van der Waals surface area contributed by atoms with Crippen LogP contribution in [0.2, 0.25) is 5.02 Å². The van der Waals surface area contributed by atoms with Gasteiger partial charge in [0, 0.05) is 15.9 Å². The zero-order valence-corrected chi connectivity index (χ0v) is 19.1. The predicted molar refractivity (Wildman–Crippen MR) is 132 cm³/mol. The number of fused-ring (bicyclic) bond motifs is 6. The van der Waals surface area contributed by atoms with E-state index in [1.807, 2.05) is 6.07 Å². The van der Waals surface area contributed by atoms with Crippen molar-refractivity contribution in [1.29, 1.82) is 0 Å². The molecule has 1 heteroatoms. The Morgan fingerprint density at radius 1 is 0.484 bits per heavy atom. The molecule has 0 bridgehead atoms. The third-order valence-electron chi connectivity index (χ3n) is 7.55. The number of hydrogen-bond donors (Lipinski definition) is 0. The van der Waals surface area contributed by atoms with Crippen molar-refractivity contribution >= 4 is 11.6 Å². The molecule has 2 aliphatic carbocycles. The van der Waals surface area contributed by atoms with E-state index >= 15 is 0 Å². The normalized spacial score (nSPS) is 16.4. The van der Waals surface area contributed by atoms with E-state index in [9.17, 15) is 0 Å². The van der Waals surface area contributed by atoms with Crippen LogP contribution in [0.3, 0.4) is 0 Å². The maximum Gasteiger partial charge on any atom is 0.0409 e. The van der Waals surface area contributed by atoms with Gasteiger partial charge >= 0.3 is 0 Å². The van der Waals surface area contributed by atoms with Crippen molar-refractivity contribution in [2.45, 2.75) is 38.5 Å². The largest absolute Gasteiger partial charge is 0.0843 e. The van der Waals surface area contributed by atoms with Crippen LogP contribution in [-0.4, -0.2) is 0 Å². The Hall–Kier alpha value is -2.83. The maximum absolute atomic E-state index is 6.34. The molecule has 0 atom stereocenters. The molecular formula is C30H25Cl. The van der Waals surface area contributed by atoms with Gasteiger partial charge in [-0.15, -0.1) is 0 Å². The summed E-state index contributed by atoms with van der Waals surface area (Å²) in [7, 11) is 0. The second-order valence-corrected chi connectivity index (χ2v) is 10.4. The van der Waals surface area contributed by atoms with E-state index in [1.54, 1.807) is 0 Å². The van der Waals surface area contributed by atoms with E-state index in [0.29, 0.717) is 0 Å². The molecule has 0 saturated heterocycles. The summed E-state index contributed by atoms with van der Waals surface area (Å²) in [5, 5.41) is 0.805. The van der Waals surface area contributed by atoms with E-state index in [-0.39, 0.29) is 10.8 Å². The summed E-state index contributed by atoms with van der Waals surface area (Å²) in [5.74, 6) is 0. The zero-order valence-electron chi connectivity index (χ0n) is 18.4. The fraction of sp³-hybridized carbons (Fsp3) is 0.200. The Bertz CT molecular complexity index is 1390. The molecule has 0 saturated carbocycles. The monoisotopic (exact) mass is 420 g/mol. The van der Waals surface area contributed by atoms with Crippen molar-refractivity contribution in [3.63, 3.8) is 0 Å². The smallest absolute Gasteiger partial charge is 0.0409 e. The third-order valence-corrected chi connectivity index (χ3v) is 7.79. The fourth-order valence-corrected chi connectivity index (χ4v) is 5.98. The van der Waals surface area contributed by atoms with Gasteiger partial charge in [0.2, 0.25) is 0 Å². The van der Waals surface area contributed by atoms with Crippen LogP contribution in [0.15, 0.2) is 78.9 Å². The van der Waals surface area contributed by atoms with E-state index in [0.717, 1.165) is 5.02 Å². The first-order chi connectivity index (χ1) is 14.8. The van der Waals surface area contributed by atoms with Gasteiger partial charge in [0.1, 0.15) is 0 Å². The SMILES string of the molecule is CC1(C)c2ccccc2-c2cc(-c3ccc4c(c3)-c3ccc(Cl)cc3C4(C)C)ccc21. The van der Waals surface area contributed by atoms with Gasteiger partial charge in [0.05, 0.1) is 0 Å². The van der Waals surface area contributed by atoms with Crippen LogP contribution in [0.5, 0.6) is 0 Å². The number of hydrogen-bond acceptors (Lipinski definition) is 0. The highest BCUT2D eigenvalue weighted by Crippen LogP contribution is 2.52. The average Bonchev–Trinajstić information content (AvgIpc) is 3.13. The van der Waals surface area contributed by atoms with Gasteiger partial charge in [-0.05, 0) is 79.9 Å². The molecule has 0 nitrogen and oxygen atoms in total. The van der Waals surface area contributed by atoms with Crippen molar-refractivity contribution < 1.29 is 0 Å². The van der Waals surface area contributed by atoms with Crippen molar-refractivity contribution in [3.05, 3.63) is 106 Å². The number of halogens is 1. The third kappa shape index (κ3) is 2.49. The summed E-state index contributed by atoms with van der Waals surface area (Å²) in [6.07, 6.45) is 0. The lowest BCUT2D eigenvalue weighted by atomic mass is 9.81. The molecule has 0 heterocycles. The Labute approximate surface area is 189 Å². The van der Waals surface area contributed by atoms with Crippen LogP contribution in [0.1, 0.15) is 49.9 Å². The minimum atomic E-state index is -0.0327. The molecular weight excluding hydrogens is 396 g/mol. The Balaban J connectivity index is 1.53. The topological polar surface area (TPSA) is 0 Å². The van der Waals surface area contributed by atoms with Gasteiger partial charge in [-0.1, -0.05) is 93.9 Å². The van der Waals surface area contributed by atoms with Crippen molar-refractivity contribution in [2.24, 2.45) is 0 Å². The van der Waals surface area contributed by atoms with Crippen molar-refractivity contribution in [3.8, 4) is 33.4 Å². The summed E-state index contributed by atoms with van der Waals surface area (Å²) in [6, 6.07) is 29.1. The first-order valence-electron chi connectivity index (χ1n) is 11.0. The van der Waals surface area contributed by atoms with Gasteiger partial charge in [0.15, 0.2) is 0 Å². The molecule has 4 aromatic carbocycles. The van der Waals surface area contributed by atoms with E-state index in [2.05, 4.69) is 100 Å². The minimum Gasteiger partial charge on any atom is -0.0843 e. The second kappa shape index (κ2) is 6.11. The second-order valence-electron chi connectivity index (χ2n) is 10.0. The molecule has 0 aromatic heterocycles. The Kier molecular flexibility index (Phi) is 3.73. The summed E-state index contributed by atoms with van der Waals surface area (Å²) in [5.41, 5.74) is 13.4. The lowest BCUT2D eigenvalue weighted by Crippen LogP contribution is -2.15. The Morgan fingerprint density at radius 3 is 1.65 bits per heavy atom. The first kappa shape index (κ1) is 18.9. The van der Waals surface area contributed by atoms with Crippen LogP contribution in [0.25, 0.3) is 33.4 Å². The molecule has 31 heavy (non-hydrogen) atoms. The first-order valence-corrected chi connectivity index (χ1v) is 11.4. The van der Waals surface area contributed by atoms with Crippen LogP contribution in [0, 0.1) is 0 Å². The van der Waals surface area contributed by atoms with Gasteiger partial charge in [0.25, 0.3) is 0 Å². The summed E-state index contributed by atoms with van der Waals surface area (Å²) in [4.78, 5) is 0. The molecule has 4 aromatic rings. The molecule has 0 unspecified atom stereocenters. The maximum atomic E-state index is 6.34. The molecule has 0 amide bonds. The highest BCUT2D eigenvalue weighted by molar-refractivity contribution is 6.30. The highest BCUT2D eigenvalue weighted by atomic mass is 35.5.